The van der Waals surface area contributed by atoms with Gasteiger partial charge in [-0.25, -0.2) is 0 Å². The molecule has 0 aliphatic carbocycles. The Morgan fingerprint density at radius 3 is 1.66 bits per heavy atom. The number of fused-ring (bicyclic) bond motifs is 2. The second kappa shape index (κ2) is 28.8. The van der Waals surface area contributed by atoms with E-state index in [0.717, 1.165) is 77.4 Å². The number of hydrogen-bond donors (Lipinski definition) is 0. The van der Waals surface area contributed by atoms with E-state index in [1.165, 1.54) is 58.8 Å². The predicted octanol–water partition coefficient (Wildman–Crippen LogP) is 7.65. The quantitative estimate of drug-likeness (QED) is 0.203. The Bertz CT molecular complexity index is 2160. The molecule has 58 heavy (non-hydrogen) atoms. The van der Waals surface area contributed by atoms with E-state index >= 15 is 0 Å². The summed E-state index contributed by atoms with van der Waals surface area (Å²) < 4.78 is 21.3. The fraction of sp³-hybridized carbons (Fsp3) is 0.528. The van der Waals surface area contributed by atoms with Gasteiger partial charge in [0, 0.05) is 188 Å². The van der Waals surface area contributed by atoms with Crippen LogP contribution in [0.5, 0.6) is 0 Å². The van der Waals surface area contributed by atoms with E-state index in [0.29, 0.717) is 13.2 Å². The molecule has 0 saturated carbocycles. The van der Waals surface area contributed by atoms with Gasteiger partial charge in [-0.3, -0.25) is 14.6 Å². The van der Waals surface area contributed by atoms with Crippen molar-refractivity contribution in [3.05, 3.63) is 70.9 Å². The van der Waals surface area contributed by atoms with Crippen molar-refractivity contribution in [1.82, 2.24) is 0 Å². The van der Waals surface area contributed by atoms with Crippen LogP contribution in [0.1, 0.15) is 93.2 Å². The van der Waals surface area contributed by atoms with Crippen LogP contribution in [-0.2, 0) is 154 Å². The van der Waals surface area contributed by atoms with Crippen molar-refractivity contribution in [2.75, 3.05) is 43.2 Å². The minimum absolute atomic E-state index is 0.0409. The van der Waals surface area contributed by atoms with Gasteiger partial charge in [-0.15, -0.1) is 0 Å². The largest absolute Gasteiger partial charge is 0.350 e. The third kappa shape index (κ3) is 17.4. The van der Waals surface area contributed by atoms with Gasteiger partial charge in [0.1, 0.15) is 0 Å². The number of hydrogen-bond acceptors (Lipinski definition) is 12. The van der Waals surface area contributed by atoms with E-state index in [1.54, 1.807) is 40.5 Å². The van der Waals surface area contributed by atoms with Crippen LogP contribution in [0.25, 0.3) is 0 Å². The van der Waals surface area contributed by atoms with Crippen LogP contribution in [0.4, 0.5) is 11.4 Å². The average molecular weight is 1100 g/mol. The van der Waals surface area contributed by atoms with Crippen LogP contribution in [0.15, 0.2) is 53.7 Å². The Morgan fingerprint density at radius 2 is 1.19 bits per heavy atom. The van der Waals surface area contributed by atoms with Crippen molar-refractivity contribution >= 4 is 169 Å². The third-order valence-corrected chi connectivity index (χ3v) is 25.2. The molecule has 0 unspecified atom stereocenters. The van der Waals surface area contributed by atoms with Crippen LogP contribution in [0, 0.1) is 0 Å². The number of anilines is 1. The number of Topliss-reactive ketones (excluding diaryl/α,β-unsaturated/α-hetero) is 2. The standard InChI is InChI=1S/C18H23NO3.C13H15NO.C5H9BrO2.S7.S6/c1-12(20)14-5-6-16-15(11-14)18(3,4)13(2)19(16)8-7-17-21-9-10-22-17;1-8(15)10-5-6-12-11(7-10)13(3,4)9(2)14-12;6-2-1-5-7-3-4-8-5;1-3-5-7-6-4-2;1-3-5-6-4-2/h5-6,11,17H,2,7-10H2,1,3-4H3;5-7H,1-4H3;5H,1-4H2;;. The number of carbonyl (C=O) groups is 2. The highest BCUT2D eigenvalue weighted by Gasteiger charge is 2.39. The van der Waals surface area contributed by atoms with Gasteiger partial charge in [0.15, 0.2) is 24.1 Å². The summed E-state index contributed by atoms with van der Waals surface area (Å²) in [6, 6.07) is 11.7. The Balaban J connectivity index is 0.000000278. The molecule has 4 aliphatic heterocycles. The number of ether oxygens (including phenoxy) is 4. The molecule has 4 heterocycles. The Hall–Kier alpha value is 0.170. The number of allylic oxidation sites excluding steroid dienone is 1. The van der Waals surface area contributed by atoms with Crippen LogP contribution < -0.4 is 4.90 Å². The summed E-state index contributed by atoms with van der Waals surface area (Å²) in [6.45, 7) is 21.8. The first-order valence-corrected chi connectivity index (χ1v) is 33.3. The number of carbonyl (C=O) groups excluding carboxylic acids is 2. The van der Waals surface area contributed by atoms with E-state index in [2.05, 4.69) is 105 Å². The van der Waals surface area contributed by atoms with E-state index in [9.17, 15) is 9.59 Å². The van der Waals surface area contributed by atoms with E-state index in [1.807, 2.05) is 43.3 Å². The molecule has 2 saturated heterocycles. The molecule has 0 amide bonds. The summed E-state index contributed by atoms with van der Waals surface area (Å²) in [5.41, 5.74) is 7.95. The molecule has 0 N–H and O–H groups in total. The fourth-order valence-corrected chi connectivity index (χ4v) is 19.9. The van der Waals surface area contributed by atoms with Gasteiger partial charge < -0.3 is 23.8 Å². The second-order valence-electron chi connectivity index (χ2n) is 13.3. The smallest absolute Gasteiger partial charge is 0.159 e. The summed E-state index contributed by atoms with van der Waals surface area (Å²) in [4.78, 5) is 29.7. The zero-order chi connectivity index (χ0) is 43.3. The summed E-state index contributed by atoms with van der Waals surface area (Å²) in [5.74, 6) is 0.202. The first-order valence-electron chi connectivity index (χ1n) is 17.5. The number of aliphatic imine (C=N–C) groups is 1. The highest BCUT2D eigenvalue weighted by molar-refractivity contribution is 9.09. The molecule has 2 aromatic carbocycles. The van der Waals surface area contributed by atoms with Gasteiger partial charge in [0.05, 0.1) is 32.1 Å². The highest BCUT2D eigenvalue weighted by atomic mass is 79.9. The zero-order valence-corrected chi connectivity index (χ0v) is 45.2. The summed E-state index contributed by atoms with van der Waals surface area (Å²) in [7, 11) is 13.0. The number of alkyl halides is 1. The van der Waals surface area contributed by atoms with E-state index in [4.69, 9.17) is 18.9 Å². The number of benzene rings is 2. The van der Waals surface area contributed by atoms with Gasteiger partial charge in [-0.1, -0.05) is 50.2 Å². The maximum atomic E-state index is 11.6. The molecule has 0 radical (unpaired) electrons. The summed E-state index contributed by atoms with van der Waals surface area (Å²) in [5, 5.41) is 0.956. The van der Waals surface area contributed by atoms with Crippen molar-refractivity contribution in [3.8, 4) is 0 Å². The number of ketones is 2. The molecule has 322 valence electrons. The minimum Gasteiger partial charge on any atom is -0.350 e. The predicted molar refractivity (Wildman–Crippen MR) is 278 cm³/mol. The summed E-state index contributed by atoms with van der Waals surface area (Å²) in [6.07, 6.45) is 1.72. The lowest BCUT2D eigenvalue weighted by Crippen LogP contribution is -2.28. The normalized spacial score (nSPS) is 16.7. The Morgan fingerprint density at radius 1 is 0.741 bits per heavy atom. The lowest BCUT2D eigenvalue weighted by molar-refractivity contribution is -0.0447. The molecule has 0 bridgehead atoms. The SMILES string of the molecule is BrCCC1OCCO1.C=C1N(CCC2OCCO2)c2ccc(C(C)=O)cc2C1(C)C.CC(=O)c1ccc2c(c1)C(C)(C)C(C)=N2.S=S=S=S=S=S.S=S=S=S=S=S=S. The van der Waals surface area contributed by atoms with Crippen molar-refractivity contribution < 1.29 is 28.5 Å². The fourth-order valence-electron chi connectivity index (χ4n) is 5.78. The molecule has 0 atom stereocenters. The molecule has 2 fully saturated rings. The molecule has 8 nitrogen and oxygen atoms in total. The van der Waals surface area contributed by atoms with Gasteiger partial charge in [0.2, 0.25) is 0 Å². The van der Waals surface area contributed by atoms with Crippen molar-refractivity contribution in [1.29, 1.82) is 0 Å². The van der Waals surface area contributed by atoms with Gasteiger partial charge in [-0.05, 0) is 68.3 Å². The number of rotatable bonds is 7. The van der Waals surface area contributed by atoms with E-state index < -0.39 is 0 Å². The number of halogens is 1. The van der Waals surface area contributed by atoms with Gasteiger partial charge in [-0.2, -0.15) is 0 Å². The monoisotopic (exact) mass is 1100 g/mol. The van der Waals surface area contributed by atoms with Crippen LogP contribution in [0.3, 0.4) is 0 Å². The van der Waals surface area contributed by atoms with Crippen LogP contribution >= 0.6 is 15.9 Å². The van der Waals surface area contributed by atoms with Gasteiger partial charge >= 0.3 is 0 Å². The van der Waals surface area contributed by atoms with E-state index in [-0.39, 0.29) is 35.0 Å². The lowest BCUT2D eigenvalue weighted by atomic mass is 9.81. The van der Waals surface area contributed by atoms with Crippen molar-refractivity contribution in [2.45, 2.75) is 84.7 Å². The van der Waals surface area contributed by atoms with Crippen molar-refractivity contribution in [3.63, 3.8) is 0 Å². The molecule has 2 aromatic rings. The Kier molecular flexibility index (Phi) is 26.9. The first-order chi connectivity index (χ1) is 27.6. The topological polar surface area (TPSA) is 86.7 Å². The molecular formula is C36H47BrN2O6S13. The third-order valence-electron chi connectivity index (χ3n) is 9.19. The van der Waals surface area contributed by atoms with Gasteiger partial charge in [0.25, 0.3) is 0 Å². The molecule has 0 aromatic heterocycles. The zero-order valence-electron chi connectivity index (χ0n) is 33.0. The Labute approximate surface area is 397 Å². The molecule has 4 aliphatic rings. The average Bonchev–Trinajstić information content (AvgIpc) is 4.00. The summed E-state index contributed by atoms with van der Waals surface area (Å²) >= 11 is 21.5. The van der Waals surface area contributed by atoms with Crippen LogP contribution in [0.2, 0.25) is 0 Å². The molecule has 22 heteroatoms. The molecular weight excluding hydrogens is 1050 g/mol. The molecule has 0 spiro atoms. The second-order valence-corrected chi connectivity index (χ2v) is 30.1. The number of nitrogens with zero attached hydrogens (tertiary/aromatic N) is 2. The lowest BCUT2D eigenvalue weighted by Gasteiger charge is -2.26. The highest BCUT2D eigenvalue weighted by Crippen LogP contribution is 2.47. The molecule has 6 rings (SSSR count). The van der Waals surface area contributed by atoms with Crippen LogP contribution in [-0.4, -0.2) is 68.2 Å². The maximum absolute atomic E-state index is 11.6. The van der Waals surface area contributed by atoms with Crippen molar-refractivity contribution in [2.24, 2.45) is 4.99 Å². The minimum atomic E-state index is -0.168. The maximum Gasteiger partial charge on any atom is 0.159 e. The first kappa shape index (κ1) is 54.3.